The molecule has 0 saturated carbocycles. The quantitative estimate of drug-likeness (QED) is 0.376. The van der Waals surface area contributed by atoms with E-state index < -0.39 is 4.92 Å². The van der Waals surface area contributed by atoms with Crippen molar-refractivity contribution in [3.8, 4) is 0 Å². The van der Waals surface area contributed by atoms with Crippen molar-refractivity contribution in [3.63, 3.8) is 0 Å². The molecule has 0 spiro atoms. The van der Waals surface area contributed by atoms with E-state index in [1.807, 2.05) is 0 Å². The Labute approximate surface area is 116 Å². The molecule has 0 bridgehead atoms. The third-order valence-electron chi connectivity index (χ3n) is 3.15. The summed E-state index contributed by atoms with van der Waals surface area (Å²) in [6.45, 7) is 4.15. The molecule has 0 aromatic carbocycles. The summed E-state index contributed by atoms with van der Waals surface area (Å²) in [6.07, 6.45) is 3.56. The summed E-state index contributed by atoms with van der Waals surface area (Å²) in [5, 5.41) is 13.9. The van der Waals surface area contributed by atoms with Gasteiger partial charge in [-0.1, -0.05) is 11.6 Å². The van der Waals surface area contributed by atoms with E-state index in [2.05, 4.69) is 15.2 Å². The van der Waals surface area contributed by atoms with Crippen molar-refractivity contribution in [3.05, 3.63) is 27.4 Å². The predicted molar refractivity (Wildman–Crippen MR) is 74.7 cm³/mol. The van der Waals surface area contributed by atoms with E-state index >= 15 is 0 Å². The van der Waals surface area contributed by atoms with Crippen molar-refractivity contribution in [2.45, 2.75) is 19.3 Å². The van der Waals surface area contributed by atoms with Gasteiger partial charge < -0.3 is 10.2 Å². The fraction of sp³-hybridized carbons (Fsp3) is 0.583. The van der Waals surface area contributed by atoms with Crippen LogP contribution in [-0.4, -0.2) is 41.0 Å². The third kappa shape index (κ3) is 4.33. The van der Waals surface area contributed by atoms with Gasteiger partial charge in [0.1, 0.15) is 11.0 Å². The van der Waals surface area contributed by atoms with Gasteiger partial charge in [-0.15, -0.1) is 0 Å². The molecular formula is C12H17ClN4O2. The van der Waals surface area contributed by atoms with Gasteiger partial charge in [-0.3, -0.25) is 10.1 Å². The van der Waals surface area contributed by atoms with Crippen LogP contribution in [0.1, 0.15) is 19.3 Å². The average Bonchev–Trinajstić information content (AvgIpc) is 2.87. The first-order valence-corrected chi connectivity index (χ1v) is 6.81. The Balaban J connectivity index is 1.80. The summed E-state index contributed by atoms with van der Waals surface area (Å²) in [6, 6.07) is 2.65. The fourth-order valence-corrected chi connectivity index (χ4v) is 2.41. The second kappa shape index (κ2) is 6.68. The second-order valence-electron chi connectivity index (χ2n) is 4.62. The predicted octanol–water partition coefficient (Wildman–Crippen LogP) is 2.54. The third-order valence-corrected chi connectivity index (χ3v) is 3.34. The Hall–Kier alpha value is -1.40. The van der Waals surface area contributed by atoms with Gasteiger partial charge in [-0.25, -0.2) is 4.98 Å². The van der Waals surface area contributed by atoms with Crippen LogP contribution >= 0.6 is 11.6 Å². The van der Waals surface area contributed by atoms with Crippen molar-refractivity contribution in [1.82, 2.24) is 9.88 Å². The van der Waals surface area contributed by atoms with Crippen LogP contribution in [0.25, 0.3) is 0 Å². The molecule has 2 heterocycles. The normalized spacial score (nSPS) is 15.6. The van der Waals surface area contributed by atoms with Gasteiger partial charge >= 0.3 is 0 Å². The Kier molecular flexibility index (Phi) is 4.93. The van der Waals surface area contributed by atoms with E-state index in [4.69, 9.17) is 11.6 Å². The van der Waals surface area contributed by atoms with E-state index in [9.17, 15) is 10.1 Å². The Morgan fingerprint density at radius 2 is 2.16 bits per heavy atom. The van der Waals surface area contributed by atoms with Crippen LogP contribution in [0.4, 0.5) is 11.5 Å². The number of nitrogens with zero attached hydrogens (tertiary/aromatic N) is 3. The van der Waals surface area contributed by atoms with Crippen LogP contribution in [0.3, 0.4) is 0 Å². The molecule has 1 saturated heterocycles. The highest BCUT2D eigenvalue weighted by atomic mass is 35.5. The van der Waals surface area contributed by atoms with Crippen LogP contribution in [0, 0.1) is 10.1 Å². The first kappa shape index (κ1) is 14.0. The average molecular weight is 285 g/mol. The second-order valence-corrected chi connectivity index (χ2v) is 5.01. The van der Waals surface area contributed by atoms with Gasteiger partial charge in [0, 0.05) is 6.54 Å². The maximum atomic E-state index is 10.7. The number of hydrogen-bond acceptors (Lipinski definition) is 5. The molecule has 0 amide bonds. The lowest BCUT2D eigenvalue weighted by atomic mass is 10.3. The van der Waals surface area contributed by atoms with Gasteiger partial charge in [0.05, 0.1) is 17.1 Å². The van der Waals surface area contributed by atoms with Crippen LogP contribution in [0.5, 0.6) is 0 Å². The molecule has 0 aliphatic carbocycles. The van der Waals surface area contributed by atoms with E-state index in [1.165, 1.54) is 38.1 Å². The zero-order valence-electron chi connectivity index (χ0n) is 10.6. The van der Waals surface area contributed by atoms with E-state index in [0.29, 0.717) is 5.82 Å². The minimum absolute atomic E-state index is 0.0398. The first-order chi connectivity index (χ1) is 9.15. The number of rotatable bonds is 6. The Morgan fingerprint density at radius 1 is 1.42 bits per heavy atom. The van der Waals surface area contributed by atoms with Crippen molar-refractivity contribution < 1.29 is 4.92 Å². The SMILES string of the molecule is O=[N+]([O-])c1cc(Cl)nc(NCCCN2CCCC2)c1. The number of halogens is 1. The topological polar surface area (TPSA) is 71.3 Å². The molecule has 1 aromatic rings. The van der Waals surface area contributed by atoms with Crippen molar-refractivity contribution in [1.29, 1.82) is 0 Å². The van der Waals surface area contributed by atoms with Crippen LogP contribution < -0.4 is 5.32 Å². The van der Waals surface area contributed by atoms with Gasteiger partial charge in [0.25, 0.3) is 5.69 Å². The maximum absolute atomic E-state index is 10.7. The van der Waals surface area contributed by atoms with Crippen molar-refractivity contribution in [2.24, 2.45) is 0 Å². The molecule has 2 rings (SSSR count). The van der Waals surface area contributed by atoms with Crippen molar-refractivity contribution >= 4 is 23.1 Å². The standard InChI is InChI=1S/C12H17ClN4O2/c13-11-8-10(17(18)19)9-12(15-11)14-4-3-7-16-5-1-2-6-16/h8-9H,1-7H2,(H,14,15). The van der Waals surface area contributed by atoms with E-state index in [1.54, 1.807) is 0 Å². The number of hydrogen-bond donors (Lipinski definition) is 1. The number of likely N-dealkylation sites (tertiary alicyclic amines) is 1. The van der Waals surface area contributed by atoms with Gasteiger partial charge in [0.2, 0.25) is 0 Å². The number of aromatic nitrogens is 1. The highest BCUT2D eigenvalue weighted by Crippen LogP contribution is 2.20. The van der Waals surface area contributed by atoms with Crippen LogP contribution in [0.15, 0.2) is 12.1 Å². The first-order valence-electron chi connectivity index (χ1n) is 6.43. The molecule has 1 aliphatic rings. The minimum atomic E-state index is -0.469. The summed E-state index contributed by atoms with van der Waals surface area (Å²) < 4.78 is 0. The molecule has 1 aromatic heterocycles. The smallest absolute Gasteiger partial charge is 0.276 e. The molecule has 1 fully saturated rings. The Bertz CT molecular complexity index is 449. The Morgan fingerprint density at radius 3 is 2.84 bits per heavy atom. The lowest BCUT2D eigenvalue weighted by molar-refractivity contribution is -0.384. The number of pyridine rings is 1. The summed E-state index contributed by atoms with van der Waals surface area (Å²) in [7, 11) is 0. The molecule has 7 heteroatoms. The molecule has 104 valence electrons. The number of nitro groups is 1. The highest BCUT2D eigenvalue weighted by Gasteiger charge is 2.11. The van der Waals surface area contributed by atoms with Gasteiger partial charge in [-0.05, 0) is 38.9 Å². The molecule has 0 radical (unpaired) electrons. The monoisotopic (exact) mass is 284 g/mol. The molecule has 1 N–H and O–H groups in total. The molecule has 0 atom stereocenters. The summed E-state index contributed by atoms with van der Waals surface area (Å²) >= 11 is 5.75. The van der Waals surface area contributed by atoms with Crippen molar-refractivity contribution in [2.75, 3.05) is 31.5 Å². The van der Waals surface area contributed by atoms with Crippen LogP contribution in [0.2, 0.25) is 5.15 Å². The summed E-state index contributed by atoms with van der Waals surface area (Å²) in [5.74, 6) is 0.459. The van der Waals surface area contributed by atoms with E-state index in [0.717, 1.165) is 19.5 Å². The molecule has 6 nitrogen and oxygen atoms in total. The molecule has 0 unspecified atom stereocenters. The van der Waals surface area contributed by atoms with Crippen LogP contribution in [-0.2, 0) is 0 Å². The van der Waals surface area contributed by atoms with Gasteiger partial charge in [0.15, 0.2) is 0 Å². The number of anilines is 1. The van der Waals surface area contributed by atoms with Gasteiger partial charge in [-0.2, -0.15) is 0 Å². The lowest BCUT2D eigenvalue weighted by Gasteiger charge is -2.14. The zero-order chi connectivity index (χ0) is 13.7. The summed E-state index contributed by atoms with van der Waals surface area (Å²) in [5.41, 5.74) is -0.0398. The molecule has 19 heavy (non-hydrogen) atoms. The lowest BCUT2D eigenvalue weighted by Crippen LogP contribution is -2.22. The number of nitrogens with one attached hydrogen (secondary N) is 1. The molecule has 1 aliphatic heterocycles. The molecular weight excluding hydrogens is 268 g/mol. The zero-order valence-corrected chi connectivity index (χ0v) is 11.4. The van der Waals surface area contributed by atoms with E-state index in [-0.39, 0.29) is 10.8 Å². The largest absolute Gasteiger partial charge is 0.370 e. The summed E-state index contributed by atoms with van der Waals surface area (Å²) in [4.78, 5) is 16.7. The minimum Gasteiger partial charge on any atom is -0.370 e. The fourth-order valence-electron chi connectivity index (χ4n) is 2.20. The highest BCUT2D eigenvalue weighted by molar-refractivity contribution is 6.29. The maximum Gasteiger partial charge on any atom is 0.276 e.